The molecule has 6 heteroatoms. The third-order valence-corrected chi connectivity index (χ3v) is 2.38. The summed E-state index contributed by atoms with van der Waals surface area (Å²) in [6.45, 7) is 6.23. The van der Waals surface area contributed by atoms with Crippen molar-refractivity contribution in [3.05, 3.63) is 42.5 Å². The molecule has 0 aliphatic carbocycles. The van der Waals surface area contributed by atoms with Crippen molar-refractivity contribution in [3.63, 3.8) is 0 Å². The van der Waals surface area contributed by atoms with Crippen LogP contribution in [0.4, 0.5) is 0 Å². The van der Waals surface area contributed by atoms with E-state index in [-0.39, 0.29) is 12.3 Å². The van der Waals surface area contributed by atoms with Gasteiger partial charge in [-0.1, -0.05) is 18.2 Å². The molecule has 1 aromatic rings. The van der Waals surface area contributed by atoms with Gasteiger partial charge in [0, 0.05) is 12.1 Å². The van der Waals surface area contributed by atoms with Crippen molar-refractivity contribution in [2.75, 3.05) is 13.2 Å². The standard InChI is InChI=1S/C15H19N3O3/c1-3-9-16-14(19)10-15(20)18-17-11-12-7-5-6-8-13(12)21-4-2/h3,5-8,11H,1,4,9-10H2,2H3,(H,16,19)(H,18,20)/b17-11-. The molecule has 0 saturated heterocycles. The molecule has 2 N–H and O–H groups in total. The number of para-hydroxylation sites is 1. The van der Waals surface area contributed by atoms with Gasteiger partial charge in [-0.05, 0) is 19.1 Å². The van der Waals surface area contributed by atoms with Crippen molar-refractivity contribution in [2.45, 2.75) is 13.3 Å². The highest BCUT2D eigenvalue weighted by molar-refractivity contribution is 5.97. The predicted octanol–water partition coefficient (Wildman–Crippen LogP) is 1.23. The summed E-state index contributed by atoms with van der Waals surface area (Å²) in [5.41, 5.74) is 3.04. The number of benzene rings is 1. The smallest absolute Gasteiger partial charge is 0.249 e. The minimum atomic E-state index is -0.485. The zero-order valence-corrected chi connectivity index (χ0v) is 12.0. The van der Waals surface area contributed by atoms with E-state index in [0.29, 0.717) is 18.9 Å². The molecule has 0 saturated carbocycles. The number of carbonyl (C=O) groups excluding carboxylic acids is 2. The van der Waals surface area contributed by atoms with Gasteiger partial charge >= 0.3 is 0 Å². The highest BCUT2D eigenvalue weighted by Crippen LogP contribution is 2.15. The molecule has 21 heavy (non-hydrogen) atoms. The van der Waals surface area contributed by atoms with E-state index in [2.05, 4.69) is 22.4 Å². The maximum absolute atomic E-state index is 11.5. The van der Waals surface area contributed by atoms with Gasteiger partial charge in [-0.15, -0.1) is 6.58 Å². The molecule has 0 fully saturated rings. The monoisotopic (exact) mass is 289 g/mol. The lowest BCUT2D eigenvalue weighted by molar-refractivity contribution is -0.129. The van der Waals surface area contributed by atoms with Crippen molar-refractivity contribution in [3.8, 4) is 5.75 Å². The van der Waals surface area contributed by atoms with Crippen LogP contribution in [0.15, 0.2) is 42.0 Å². The lowest BCUT2D eigenvalue weighted by Gasteiger charge is -2.05. The van der Waals surface area contributed by atoms with Crippen molar-refractivity contribution >= 4 is 18.0 Å². The van der Waals surface area contributed by atoms with Crippen molar-refractivity contribution in [1.29, 1.82) is 0 Å². The van der Waals surface area contributed by atoms with E-state index in [0.717, 1.165) is 5.56 Å². The molecule has 0 bridgehead atoms. The van der Waals surface area contributed by atoms with Crippen LogP contribution < -0.4 is 15.5 Å². The number of hydrogen-bond donors (Lipinski definition) is 2. The Hall–Kier alpha value is -2.63. The van der Waals surface area contributed by atoms with Gasteiger partial charge in [-0.2, -0.15) is 5.10 Å². The number of nitrogens with one attached hydrogen (secondary N) is 2. The van der Waals surface area contributed by atoms with Crippen molar-refractivity contribution in [2.24, 2.45) is 5.10 Å². The molecule has 1 aromatic carbocycles. The van der Waals surface area contributed by atoms with Crippen LogP contribution in [0.2, 0.25) is 0 Å². The van der Waals surface area contributed by atoms with Crippen LogP contribution in [0, 0.1) is 0 Å². The van der Waals surface area contributed by atoms with Gasteiger partial charge in [0.25, 0.3) is 0 Å². The van der Waals surface area contributed by atoms with Gasteiger partial charge in [-0.25, -0.2) is 5.43 Å². The number of ether oxygens (including phenoxy) is 1. The first-order valence-corrected chi connectivity index (χ1v) is 6.58. The molecular weight excluding hydrogens is 270 g/mol. The fraction of sp³-hybridized carbons (Fsp3) is 0.267. The summed E-state index contributed by atoms with van der Waals surface area (Å²) in [5.74, 6) is -0.180. The topological polar surface area (TPSA) is 79.8 Å². The molecule has 0 aromatic heterocycles. The van der Waals surface area contributed by atoms with E-state index in [4.69, 9.17) is 4.74 Å². The Labute approximate surface area is 123 Å². The van der Waals surface area contributed by atoms with Crippen LogP contribution in [0.25, 0.3) is 0 Å². The predicted molar refractivity (Wildman–Crippen MR) is 81.2 cm³/mol. The van der Waals surface area contributed by atoms with E-state index < -0.39 is 5.91 Å². The number of hydrogen-bond acceptors (Lipinski definition) is 4. The summed E-state index contributed by atoms with van der Waals surface area (Å²) < 4.78 is 5.43. The van der Waals surface area contributed by atoms with E-state index >= 15 is 0 Å². The second kappa shape index (κ2) is 9.30. The Kier molecular flexibility index (Phi) is 7.28. The molecule has 0 unspecified atom stereocenters. The van der Waals surface area contributed by atoms with E-state index in [1.165, 1.54) is 6.21 Å². The van der Waals surface area contributed by atoms with Crippen molar-refractivity contribution in [1.82, 2.24) is 10.7 Å². The van der Waals surface area contributed by atoms with Gasteiger partial charge in [0.15, 0.2) is 0 Å². The third-order valence-electron chi connectivity index (χ3n) is 2.38. The minimum absolute atomic E-state index is 0.279. The Morgan fingerprint density at radius 2 is 2.10 bits per heavy atom. The summed E-state index contributed by atoms with van der Waals surface area (Å²) >= 11 is 0. The fourth-order valence-electron chi connectivity index (χ4n) is 1.48. The number of hydrazone groups is 1. The second-order valence-corrected chi connectivity index (χ2v) is 4.03. The summed E-state index contributed by atoms with van der Waals surface area (Å²) in [5, 5.41) is 6.32. The van der Waals surface area contributed by atoms with Crippen LogP contribution in [0.5, 0.6) is 5.75 Å². The van der Waals surface area contributed by atoms with Crippen LogP contribution in [-0.4, -0.2) is 31.2 Å². The first-order valence-electron chi connectivity index (χ1n) is 6.58. The average molecular weight is 289 g/mol. The molecule has 2 amide bonds. The number of nitrogens with zero attached hydrogens (tertiary/aromatic N) is 1. The maximum atomic E-state index is 11.5. The van der Waals surface area contributed by atoms with Gasteiger partial charge < -0.3 is 10.1 Å². The molecule has 0 aliphatic heterocycles. The summed E-state index contributed by atoms with van der Waals surface area (Å²) in [6.07, 6.45) is 2.74. The Morgan fingerprint density at radius 1 is 1.33 bits per heavy atom. The zero-order valence-electron chi connectivity index (χ0n) is 12.0. The minimum Gasteiger partial charge on any atom is -0.493 e. The Balaban J connectivity index is 2.49. The van der Waals surface area contributed by atoms with E-state index in [1.54, 1.807) is 6.08 Å². The van der Waals surface area contributed by atoms with Crippen LogP contribution in [0.3, 0.4) is 0 Å². The van der Waals surface area contributed by atoms with Crippen molar-refractivity contribution < 1.29 is 14.3 Å². The SMILES string of the molecule is C=CCNC(=O)CC(=O)N/N=C\c1ccccc1OCC. The van der Waals surface area contributed by atoms with Gasteiger partial charge in [0.1, 0.15) is 12.2 Å². The highest BCUT2D eigenvalue weighted by Gasteiger charge is 2.07. The average Bonchev–Trinajstić information content (AvgIpc) is 2.47. The maximum Gasteiger partial charge on any atom is 0.249 e. The van der Waals surface area contributed by atoms with Crippen LogP contribution >= 0.6 is 0 Å². The molecule has 112 valence electrons. The first-order chi connectivity index (χ1) is 10.2. The Morgan fingerprint density at radius 3 is 2.81 bits per heavy atom. The lowest BCUT2D eigenvalue weighted by Crippen LogP contribution is -2.29. The molecule has 0 aliphatic rings. The van der Waals surface area contributed by atoms with Gasteiger partial charge in [0.2, 0.25) is 11.8 Å². The first kappa shape index (κ1) is 16.4. The fourth-order valence-corrected chi connectivity index (χ4v) is 1.48. The molecule has 0 radical (unpaired) electrons. The molecule has 6 nitrogen and oxygen atoms in total. The number of amides is 2. The largest absolute Gasteiger partial charge is 0.493 e. The summed E-state index contributed by atoms with van der Waals surface area (Å²) in [7, 11) is 0. The number of carbonyl (C=O) groups is 2. The lowest BCUT2D eigenvalue weighted by atomic mass is 10.2. The second-order valence-electron chi connectivity index (χ2n) is 4.03. The molecular formula is C15H19N3O3. The van der Waals surface area contributed by atoms with Crippen LogP contribution in [0.1, 0.15) is 18.9 Å². The quantitative estimate of drug-likeness (QED) is 0.327. The van der Waals surface area contributed by atoms with E-state index in [9.17, 15) is 9.59 Å². The normalized spacial score (nSPS) is 10.1. The Bertz CT molecular complexity index is 527. The van der Waals surface area contributed by atoms with Gasteiger partial charge in [-0.3, -0.25) is 9.59 Å². The summed E-state index contributed by atoms with van der Waals surface area (Å²) in [4.78, 5) is 22.8. The van der Waals surface area contributed by atoms with E-state index in [1.807, 2.05) is 31.2 Å². The molecule has 0 atom stereocenters. The molecule has 0 heterocycles. The van der Waals surface area contributed by atoms with Crippen LogP contribution in [-0.2, 0) is 9.59 Å². The molecule has 0 spiro atoms. The van der Waals surface area contributed by atoms with Gasteiger partial charge in [0.05, 0.1) is 12.8 Å². The third kappa shape index (κ3) is 6.38. The molecule has 1 rings (SSSR count). The highest BCUT2D eigenvalue weighted by atomic mass is 16.5. The zero-order chi connectivity index (χ0) is 15.5. The summed E-state index contributed by atoms with van der Waals surface area (Å²) in [6, 6.07) is 7.33. The number of rotatable bonds is 8.